The molecule has 5 nitrogen and oxygen atoms in total. The van der Waals surface area contributed by atoms with Crippen molar-refractivity contribution in [3.8, 4) is 11.5 Å². The zero-order chi connectivity index (χ0) is 19.1. The second kappa shape index (κ2) is 7.30. The molecule has 1 fully saturated rings. The van der Waals surface area contributed by atoms with E-state index in [1.165, 1.54) is 11.1 Å². The monoisotopic (exact) mass is 380 g/mol. The average Bonchev–Trinajstić information content (AvgIpc) is 3.03. The second-order valence-electron chi connectivity index (χ2n) is 8.19. The van der Waals surface area contributed by atoms with Gasteiger partial charge in [-0.1, -0.05) is 29.8 Å². The van der Waals surface area contributed by atoms with Crippen LogP contribution in [0.1, 0.15) is 35.6 Å². The second-order valence-corrected chi connectivity index (χ2v) is 8.19. The van der Waals surface area contributed by atoms with Crippen molar-refractivity contribution in [1.82, 2.24) is 5.32 Å². The average molecular weight is 380 g/mol. The van der Waals surface area contributed by atoms with Crippen LogP contribution in [-0.2, 0) is 6.42 Å². The number of hydrogen-bond donors (Lipinski definition) is 2. The van der Waals surface area contributed by atoms with Crippen LogP contribution in [0.25, 0.3) is 0 Å². The molecule has 0 saturated carbocycles. The van der Waals surface area contributed by atoms with Crippen molar-refractivity contribution < 1.29 is 14.6 Å². The van der Waals surface area contributed by atoms with Crippen LogP contribution < -0.4 is 19.7 Å². The van der Waals surface area contributed by atoms with E-state index in [2.05, 4.69) is 41.4 Å². The maximum atomic E-state index is 10.8. The summed E-state index contributed by atoms with van der Waals surface area (Å²) < 4.78 is 11.6. The van der Waals surface area contributed by atoms with Crippen molar-refractivity contribution in [3.05, 3.63) is 53.1 Å². The van der Waals surface area contributed by atoms with E-state index in [4.69, 9.17) is 9.47 Å². The van der Waals surface area contributed by atoms with E-state index in [1.807, 2.05) is 12.1 Å². The molecule has 5 rings (SSSR count). The summed E-state index contributed by atoms with van der Waals surface area (Å²) in [6.45, 7) is 5.27. The Balaban J connectivity index is 1.22. The summed E-state index contributed by atoms with van der Waals surface area (Å²) in [7, 11) is 0. The summed E-state index contributed by atoms with van der Waals surface area (Å²) in [5.41, 5.74) is 4.73. The highest BCUT2D eigenvalue weighted by atomic mass is 16.6. The summed E-state index contributed by atoms with van der Waals surface area (Å²) in [6, 6.07) is 13.1. The number of aliphatic hydroxyl groups excluding tert-OH is 1. The van der Waals surface area contributed by atoms with Crippen LogP contribution in [-0.4, -0.2) is 43.5 Å². The van der Waals surface area contributed by atoms with Crippen molar-refractivity contribution >= 4 is 5.69 Å². The standard InChI is InChI=1S/C23H28N2O3/c1-15-5-6-16-14-19(22(26)18(16)13-15)24-17-7-9-25(10-8-17)20-3-2-4-21-23(20)28-12-11-27-21/h2-6,13,17,19,22,24,26H,7-12,14H2,1H3/t19-,22-/m1/s1. The minimum Gasteiger partial charge on any atom is -0.486 e. The Morgan fingerprint density at radius 3 is 2.75 bits per heavy atom. The van der Waals surface area contributed by atoms with Gasteiger partial charge in [-0.05, 0) is 49.4 Å². The van der Waals surface area contributed by atoms with Gasteiger partial charge in [-0.2, -0.15) is 0 Å². The lowest BCUT2D eigenvalue weighted by Crippen LogP contribution is -2.47. The number of aliphatic hydroxyl groups is 1. The van der Waals surface area contributed by atoms with Gasteiger partial charge in [0.15, 0.2) is 11.5 Å². The molecular weight excluding hydrogens is 352 g/mol. The SMILES string of the molecule is Cc1ccc2c(c1)[C@@H](O)[C@H](NC1CCN(c3cccc4c3OCCO4)CC1)C2. The number of piperidine rings is 1. The molecule has 0 aromatic heterocycles. The van der Waals surface area contributed by atoms with Crippen LogP contribution >= 0.6 is 0 Å². The first-order valence-corrected chi connectivity index (χ1v) is 10.4. The third-order valence-electron chi connectivity index (χ3n) is 6.27. The van der Waals surface area contributed by atoms with E-state index in [0.29, 0.717) is 19.3 Å². The molecular formula is C23H28N2O3. The number of aryl methyl sites for hydroxylation is 1. The molecule has 0 amide bonds. The molecule has 28 heavy (non-hydrogen) atoms. The molecule has 0 bridgehead atoms. The van der Waals surface area contributed by atoms with E-state index >= 15 is 0 Å². The Morgan fingerprint density at radius 2 is 1.89 bits per heavy atom. The van der Waals surface area contributed by atoms with Gasteiger partial charge in [0.1, 0.15) is 13.2 Å². The molecule has 2 aliphatic heterocycles. The molecule has 2 aromatic rings. The quantitative estimate of drug-likeness (QED) is 0.857. The van der Waals surface area contributed by atoms with E-state index in [9.17, 15) is 5.11 Å². The molecule has 148 valence electrons. The Morgan fingerprint density at radius 1 is 1.07 bits per heavy atom. The van der Waals surface area contributed by atoms with E-state index in [0.717, 1.165) is 55.1 Å². The zero-order valence-corrected chi connectivity index (χ0v) is 16.4. The largest absolute Gasteiger partial charge is 0.486 e. The number of nitrogens with one attached hydrogen (secondary N) is 1. The number of para-hydroxylation sites is 1. The van der Waals surface area contributed by atoms with E-state index in [-0.39, 0.29) is 6.04 Å². The highest BCUT2D eigenvalue weighted by Crippen LogP contribution is 2.40. The number of nitrogens with zero attached hydrogens (tertiary/aromatic N) is 1. The highest BCUT2D eigenvalue weighted by Gasteiger charge is 2.33. The fourth-order valence-corrected chi connectivity index (χ4v) is 4.79. The third kappa shape index (κ3) is 3.23. The van der Waals surface area contributed by atoms with Crippen LogP contribution in [0.2, 0.25) is 0 Å². The van der Waals surface area contributed by atoms with Gasteiger partial charge < -0.3 is 24.8 Å². The fourth-order valence-electron chi connectivity index (χ4n) is 4.79. The van der Waals surface area contributed by atoms with Crippen molar-refractivity contribution in [2.24, 2.45) is 0 Å². The molecule has 1 saturated heterocycles. The number of fused-ring (bicyclic) bond motifs is 2. The number of benzene rings is 2. The van der Waals surface area contributed by atoms with Crippen LogP contribution in [0.3, 0.4) is 0 Å². The number of anilines is 1. The van der Waals surface area contributed by atoms with Crippen LogP contribution in [0, 0.1) is 6.92 Å². The number of rotatable bonds is 3. The van der Waals surface area contributed by atoms with Crippen LogP contribution in [0.5, 0.6) is 11.5 Å². The summed E-state index contributed by atoms with van der Waals surface area (Å²) in [4.78, 5) is 2.40. The molecule has 1 aliphatic carbocycles. The summed E-state index contributed by atoms with van der Waals surface area (Å²) in [5.74, 6) is 1.74. The Labute approximate surface area is 166 Å². The number of hydrogen-bond acceptors (Lipinski definition) is 5. The predicted octanol–water partition coefficient (Wildman–Crippen LogP) is 2.98. The first-order valence-electron chi connectivity index (χ1n) is 10.4. The number of ether oxygens (including phenoxy) is 2. The van der Waals surface area contributed by atoms with Gasteiger partial charge in [0.25, 0.3) is 0 Å². The van der Waals surface area contributed by atoms with E-state index < -0.39 is 6.10 Å². The fraction of sp³-hybridized carbons (Fsp3) is 0.478. The van der Waals surface area contributed by atoms with Crippen molar-refractivity contribution in [3.63, 3.8) is 0 Å². The lowest BCUT2D eigenvalue weighted by Gasteiger charge is -2.37. The predicted molar refractivity (Wildman–Crippen MR) is 109 cm³/mol. The summed E-state index contributed by atoms with van der Waals surface area (Å²) in [5, 5.41) is 14.5. The highest BCUT2D eigenvalue weighted by molar-refractivity contribution is 5.65. The maximum absolute atomic E-state index is 10.8. The molecule has 0 unspecified atom stereocenters. The Kier molecular flexibility index (Phi) is 4.65. The lowest BCUT2D eigenvalue weighted by molar-refractivity contribution is 0.131. The van der Waals surface area contributed by atoms with Gasteiger partial charge >= 0.3 is 0 Å². The van der Waals surface area contributed by atoms with Gasteiger partial charge in [-0.25, -0.2) is 0 Å². The normalized spacial score (nSPS) is 24.3. The van der Waals surface area contributed by atoms with Gasteiger partial charge in [-0.3, -0.25) is 0 Å². The van der Waals surface area contributed by atoms with Crippen molar-refractivity contribution in [2.45, 2.75) is 44.4 Å². The molecule has 2 N–H and O–H groups in total. The van der Waals surface area contributed by atoms with Crippen LogP contribution in [0.15, 0.2) is 36.4 Å². The lowest BCUT2D eigenvalue weighted by atomic mass is 10.0. The minimum atomic E-state index is -0.403. The first kappa shape index (κ1) is 17.8. The first-order chi connectivity index (χ1) is 13.7. The molecule has 5 heteroatoms. The molecule has 3 aliphatic rings. The molecule has 2 aromatic carbocycles. The maximum Gasteiger partial charge on any atom is 0.184 e. The Bertz CT molecular complexity index is 861. The summed E-state index contributed by atoms with van der Waals surface area (Å²) in [6.07, 6.45) is 2.63. The smallest absolute Gasteiger partial charge is 0.184 e. The van der Waals surface area contributed by atoms with Gasteiger partial charge in [-0.15, -0.1) is 0 Å². The van der Waals surface area contributed by atoms with Gasteiger partial charge in [0.2, 0.25) is 0 Å². The Hall–Kier alpha value is -2.24. The third-order valence-corrected chi connectivity index (χ3v) is 6.27. The van der Waals surface area contributed by atoms with Crippen molar-refractivity contribution in [2.75, 3.05) is 31.2 Å². The zero-order valence-electron chi connectivity index (χ0n) is 16.4. The van der Waals surface area contributed by atoms with E-state index in [1.54, 1.807) is 0 Å². The molecule has 2 atom stereocenters. The van der Waals surface area contributed by atoms with Crippen LogP contribution in [0.4, 0.5) is 5.69 Å². The molecule has 0 spiro atoms. The molecule has 2 heterocycles. The van der Waals surface area contributed by atoms with Crippen molar-refractivity contribution in [1.29, 1.82) is 0 Å². The van der Waals surface area contributed by atoms with Gasteiger partial charge in [0.05, 0.1) is 11.8 Å². The summed E-state index contributed by atoms with van der Waals surface area (Å²) >= 11 is 0. The van der Waals surface area contributed by atoms with Gasteiger partial charge in [0, 0.05) is 25.2 Å². The topological polar surface area (TPSA) is 54.0 Å². The molecule has 0 radical (unpaired) electrons. The minimum absolute atomic E-state index is 0.120.